The molecule has 2 heteroatoms. The summed E-state index contributed by atoms with van der Waals surface area (Å²) in [5.74, 6) is 1.17. The maximum Gasteiger partial charge on any atom is 0.0655 e. The van der Waals surface area contributed by atoms with Crippen molar-refractivity contribution in [2.45, 2.75) is 25.7 Å². The summed E-state index contributed by atoms with van der Waals surface area (Å²) in [7, 11) is 2.00. The highest BCUT2D eigenvalue weighted by Gasteiger charge is 2.19. The molecule has 0 unspecified atom stereocenters. The topological polar surface area (TPSA) is 35.8 Å². The van der Waals surface area contributed by atoms with Crippen LogP contribution in [0, 0.1) is 23.2 Å². The molecule has 0 bridgehead atoms. The number of nitrogens with one attached hydrogen (secondary N) is 1. The fourth-order valence-electron chi connectivity index (χ4n) is 1.78. The van der Waals surface area contributed by atoms with E-state index in [2.05, 4.69) is 11.4 Å². The van der Waals surface area contributed by atoms with E-state index in [0.29, 0.717) is 5.92 Å². The number of nitriles is 1. The molecule has 1 rings (SSSR count). The third-order valence-corrected chi connectivity index (χ3v) is 2.52. The molecule has 0 spiro atoms. The van der Waals surface area contributed by atoms with Gasteiger partial charge in [0.2, 0.25) is 0 Å². The predicted octanol–water partition coefficient (Wildman–Crippen LogP) is 1.54. The summed E-state index contributed by atoms with van der Waals surface area (Å²) >= 11 is 0. The molecular weight excluding hydrogens is 136 g/mol. The van der Waals surface area contributed by atoms with E-state index in [1.807, 2.05) is 7.05 Å². The van der Waals surface area contributed by atoms with E-state index in [0.717, 1.165) is 25.3 Å². The molecule has 0 aromatic heterocycles. The first-order valence-corrected chi connectivity index (χ1v) is 4.41. The van der Waals surface area contributed by atoms with Crippen molar-refractivity contribution in [2.24, 2.45) is 11.8 Å². The van der Waals surface area contributed by atoms with Crippen LogP contribution >= 0.6 is 0 Å². The molecule has 11 heavy (non-hydrogen) atoms. The molecule has 0 radical (unpaired) electrons. The van der Waals surface area contributed by atoms with E-state index < -0.39 is 0 Å². The van der Waals surface area contributed by atoms with Crippen LogP contribution < -0.4 is 5.32 Å². The quantitative estimate of drug-likeness (QED) is 0.651. The Bertz CT molecular complexity index is 140. The van der Waals surface area contributed by atoms with Gasteiger partial charge in [-0.25, -0.2) is 0 Å². The Hall–Kier alpha value is -0.550. The summed E-state index contributed by atoms with van der Waals surface area (Å²) in [4.78, 5) is 0. The maximum atomic E-state index is 8.64. The van der Waals surface area contributed by atoms with Crippen molar-refractivity contribution in [3.05, 3.63) is 0 Å². The molecule has 62 valence electrons. The lowest BCUT2D eigenvalue weighted by Gasteiger charge is -2.24. The van der Waals surface area contributed by atoms with E-state index in [4.69, 9.17) is 5.26 Å². The van der Waals surface area contributed by atoms with Crippen LogP contribution in [-0.4, -0.2) is 13.6 Å². The molecule has 2 nitrogen and oxygen atoms in total. The average Bonchev–Trinajstić information content (AvgIpc) is 2.07. The Labute approximate surface area is 68.6 Å². The molecule has 0 aromatic rings. The summed E-state index contributed by atoms with van der Waals surface area (Å²) in [6.07, 6.45) is 4.70. The monoisotopic (exact) mass is 152 g/mol. The summed E-state index contributed by atoms with van der Waals surface area (Å²) < 4.78 is 0. The smallest absolute Gasteiger partial charge is 0.0655 e. The fourth-order valence-corrected chi connectivity index (χ4v) is 1.78. The van der Waals surface area contributed by atoms with Crippen molar-refractivity contribution in [3.8, 4) is 6.07 Å². The van der Waals surface area contributed by atoms with Crippen molar-refractivity contribution < 1.29 is 0 Å². The van der Waals surface area contributed by atoms with Crippen LogP contribution in [0.25, 0.3) is 0 Å². The van der Waals surface area contributed by atoms with E-state index in [1.165, 1.54) is 12.8 Å². The predicted molar refractivity (Wildman–Crippen MR) is 45.0 cm³/mol. The second kappa shape index (κ2) is 4.35. The van der Waals surface area contributed by atoms with Crippen molar-refractivity contribution in [2.75, 3.05) is 13.6 Å². The molecule has 0 atom stereocenters. The maximum absolute atomic E-state index is 8.64. The molecule has 1 aliphatic rings. The van der Waals surface area contributed by atoms with Gasteiger partial charge >= 0.3 is 0 Å². The molecule has 1 fully saturated rings. The molecule has 0 aromatic carbocycles. The number of rotatable bonds is 2. The highest BCUT2D eigenvalue weighted by Crippen LogP contribution is 2.27. The lowest BCUT2D eigenvalue weighted by molar-refractivity contribution is 0.309. The number of hydrogen-bond acceptors (Lipinski definition) is 2. The average molecular weight is 152 g/mol. The molecule has 0 amide bonds. The zero-order chi connectivity index (χ0) is 8.10. The van der Waals surface area contributed by atoms with E-state index in [9.17, 15) is 0 Å². The summed E-state index contributed by atoms with van der Waals surface area (Å²) in [5, 5.41) is 11.8. The van der Waals surface area contributed by atoms with Gasteiger partial charge in [0.25, 0.3) is 0 Å². The zero-order valence-electron chi connectivity index (χ0n) is 7.14. The van der Waals surface area contributed by atoms with Crippen LogP contribution in [0.15, 0.2) is 0 Å². The minimum Gasteiger partial charge on any atom is -0.319 e. The van der Waals surface area contributed by atoms with Crippen LogP contribution in [0.5, 0.6) is 0 Å². The molecule has 0 saturated heterocycles. The second-order valence-corrected chi connectivity index (χ2v) is 3.40. The first-order valence-electron chi connectivity index (χ1n) is 4.41. The van der Waals surface area contributed by atoms with Crippen LogP contribution in [0.2, 0.25) is 0 Å². The van der Waals surface area contributed by atoms with Crippen LogP contribution in [0.4, 0.5) is 0 Å². The lowest BCUT2D eigenvalue weighted by atomic mass is 9.83. The first-order chi connectivity index (χ1) is 5.36. The van der Waals surface area contributed by atoms with Gasteiger partial charge in [-0.2, -0.15) is 5.26 Å². The molecule has 0 aliphatic heterocycles. The van der Waals surface area contributed by atoms with Crippen LogP contribution in [0.1, 0.15) is 25.7 Å². The van der Waals surface area contributed by atoms with E-state index in [-0.39, 0.29) is 0 Å². The van der Waals surface area contributed by atoms with Gasteiger partial charge in [0.05, 0.1) is 6.07 Å². The molecule has 0 heterocycles. The van der Waals surface area contributed by atoms with Gasteiger partial charge in [-0.15, -0.1) is 0 Å². The van der Waals surface area contributed by atoms with Gasteiger partial charge in [0.15, 0.2) is 0 Å². The van der Waals surface area contributed by atoms with Crippen molar-refractivity contribution in [1.82, 2.24) is 5.32 Å². The lowest BCUT2D eigenvalue weighted by Crippen LogP contribution is -2.23. The standard InChI is InChI=1S/C9H16N2/c1-11-7-9-4-2-8(6-10)3-5-9/h8-9,11H,2-5,7H2,1H3/t8-,9-. The van der Waals surface area contributed by atoms with E-state index in [1.54, 1.807) is 0 Å². The molecular formula is C9H16N2. The minimum atomic E-state index is 0.350. The van der Waals surface area contributed by atoms with Crippen molar-refractivity contribution in [1.29, 1.82) is 5.26 Å². The Morgan fingerprint density at radius 1 is 1.36 bits per heavy atom. The number of hydrogen-bond donors (Lipinski definition) is 1. The molecule has 1 saturated carbocycles. The Morgan fingerprint density at radius 3 is 2.45 bits per heavy atom. The van der Waals surface area contributed by atoms with Crippen molar-refractivity contribution >= 4 is 0 Å². The SMILES string of the molecule is CNC[C@H]1CC[C@H](C#N)CC1. The van der Waals surface area contributed by atoms with E-state index >= 15 is 0 Å². The highest BCUT2D eigenvalue weighted by molar-refractivity contribution is 4.87. The van der Waals surface area contributed by atoms with Crippen molar-refractivity contribution in [3.63, 3.8) is 0 Å². The normalized spacial score (nSPS) is 31.3. The summed E-state index contributed by atoms with van der Waals surface area (Å²) in [5.41, 5.74) is 0. The molecule has 1 aliphatic carbocycles. The Balaban J connectivity index is 2.20. The van der Waals surface area contributed by atoms with Gasteiger partial charge in [-0.3, -0.25) is 0 Å². The number of nitrogens with zero attached hydrogens (tertiary/aromatic N) is 1. The van der Waals surface area contributed by atoms with Gasteiger partial charge < -0.3 is 5.32 Å². The fraction of sp³-hybridized carbons (Fsp3) is 0.889. The largest absolute Gasteiger partial charge is 0.319 e. The second-order valence-electron chi connectivity index (χ2n) is 3.40. The Morgan fingerprint density at radius 2 is 2.00 bits per heavy atom. The molecule has 1 N–H and O–H groups in total. The van der Waals surface area contributed by atoms with Gasteiger partial charge in [0.1, 0.15) is 0 Å². The van der Waals surface area contributed by atoms with Gasteiger partial charge in [0, 0.05) is 5.92 Å². The third kappa shape index (κ3) is 2.51. The first kappa shape index (κ1) is 8.55. The third-order valence-electron chi connectivity index (χ3n) is 2.52. The van der Waals surface area contributed by atoms with Gasteiger partial charge in [-0.05, 0) is 45.2 Å². The minimum absolute atomic E-state index is 0.350. The highest BCUT2D eigenvalue weighted by atomic mass is 14.8. The van der Waals surface area contributed by atoms with Crippen LogP contribution in [-0.2, 0) is 0 Å². The zero-order valence-corrected chi connectivity index (χ0v) is 7.14. The van der Waals surface area contributed by atoms with Gasteiger partial charge in [-0.1, -0.05) is 0 Å². The summed E-state index contributed by atoms with van der Waals surface area (Å²) in [6.45, 7) is 1.12. The van der Waals surface area contributed by atoms with Crippen LogP contribution in [0.3, 0.4) is 0 Å². The summed E-state index contributed by atoms with van der Waals surface area (Å²) in [6, 6.07) is 2.35. The Kier molecular flexibility index (Phi) is 3.38.